The predicted molar refractivity (Wildman–Crippen MR) is 182 cm³/mol. The van der Waals surface area contributed by atoms with Crippen LogP contribution in [0.25, 0.3) is 60.6 Å². The van der Waals surface area contributed by atoms with E-state index >= 15 is 0 Å². The maximum Gasteiger partial charge on any atom is 0.100 e. The monoisotopic (exact) mass is 551 g/mol. The second-order valence-electron chi connectivity index (χ2n) is 10.7. The summed E-state index contributed by atoms with van der Waals surface area (Å²) < 4.78 is 4.62. The van der Waals surface area contributed by atoms with Gasteiger partial charge in [-0.25, -0.2) is 0 Å². The topological polar surface area (TPSA) is 33.6 Å². The van der Waals surface area contributed by atoms with E-state index in [0.29, 0.717) is 5.57 Å². The summed E-state index contributed by atoms with van der Waals surface area (Å²) in [6.45, 7) is 9.98. The quantitative estimate of drug-likeness (QED) is 0.149. The molecule has 0 aliphatic carbocycles. The summed E-state index contributed by atoms with van der Waals surface area (Å²) in [5, 5.41) is 15.3. The van der Waals surface area contributed by atoms with Crippen molar-refractivity contribution in [1.82, 2.24) is 9.13 Å². The van der Waals surface area contributed by atoms with Crippen LogP contribution in [0.4, 0.5) is 0 Å². The SMILES string of the molecule is C=C/C=C\C(=C)/C(C)=C(/C#N)c1cc(-n2c3ccccc3c3ccccc32)cc(-n2c3ccccc3c3ccccc32)c1. The Morgan fingerprint density at radius 1 is 0.651 bits per heavy atom. The largest absolute Gasteiger partial charge is 0.309 e. The molecule has 3 heteroatoms. The van der Waals surface area contributed by atoms with Crippen LogP contribution in [0.1, 0.15) is 12.5 Å². The number of nitrogens with zero attached hydrogens (tertiary/aromatic N) is 3. The summed E-state index contributed by atoms with van der Waals surface area (Å²) in [7, 11) is 0. The minimum Gasteiger partial charge on any atom is -0.309 e. The van der Waals surface area contributed by atoms with Gasteiger partial charge in [-0.3, -0.25) is 0 Å². The van der Waals surface area contributed by atoms with Gasteiger partial charge in [-0.05, 0) is 66.1 Å². The number of hydrogen-bond donors (Lipinski definition) is 0. The fourth-order valence-corrected chi connectivity index (χ4v) is 6.23. The maximum atomic E-state index is 10.5. The maximum absolute atomic E-state index is 10.5. The molecule has 2 aromatic heterocycles. The van der Waals surface area contributed by atoms with E-state index in [1.165, 1.54) is 21.5 Å². The number of para-hydroxylation sites is 4. The molecule has 0 amide bonds. The lowest BCUT2D eigenvalue weighted by atomic mass is 9.96. The molecule has 0 aliphatic rings. The first-order valence-electron chi connectivity index (χ1n) is 14.3. The summed E-state index contributed by atoms with van der Waals surface area (Å²) >= 11 is 0. The van der Waals surface area contributed by atoms with Crippen LogP contribution in [0.3, 0.4) is 0 Å². The fraction of sp³-hybridized carbons (Fsp3) is 0.0250. The fourth-order valence-electron chi connectivity index (χ4n) is 6.23. The van der Waals surface area contributed by atoms with E-state index in [9.17, 15) is 5.26 Å². The summed E-state index contributed by atoms with van der Waals surface area (Å²) in [5.74, 6) is 0. The third-order valence-electron chi connectivity index (χ3n) is 8.27. The van der Waals surface area contributed by atoms with Gasteiger partial charge in [0.05, 0.1) is 27.6 Å². The summed E-state index contributed by atoms with van der Waals surface area (Å²) in [6.07, 6.45) is 5.46. The highest BCUT2D eigenvalue weighted by molar-refractivity contribution is 6.10. The Morgan fingerprint density at radius 2 is 1.05 bits per heavy atom. The van der Waals surface area contributed by atoms with Crippen LogP contribution in [0, 0.1) is 11.3 Å². The molecule has 0 N–H and O–H groups in total. The zero-order chi connectivity index (χ0) is 29.5. The molecule has 204 valence electrons. The first-order valence-corrected chi connectivity index (χ1v) is 14.3. The molecule has 7 aromatic rings. The van der Waals surface area contributed by atoms with Crippen molar-refractivity contribution < 1.29 is 0 Å². The van der Waals surface area contributed by atoms with Crippen molar-refractivity contribution in [3.63, 3.8) is 0 Å². The smallest absolute Gasteiger partial charge is 0.100 e. The second-order valence-corrected chi connectivity index (χ2v) is 10.7. The van der Waals surface area contributed by atoms with Gasteiger partial charge in [-0.1, -0.05) is 104 Å². The van der Waals surface area contributed by atoms with Gasteiger partial charge in [0.1, 0.15) is 6.07 Å². The van der Waals surface area contributed by atoms with Crippen LogP contribution in [0.15, 0.2) is 158 Å². The van der Waals surface area contributed by atoms with E-state index in [1.54, 1.807) is 6.08 Å². The molecule has 43 heavy (non-hydrogen) atoms. The molecule has 7 rings (SSSR count). The average molecular weight is 552 g/mol. The standard InChI is InChI=1S/C40H29N3/c1-4-5-14-27(2)28(3)36(26-41)29-23-30(42-37-19-10-6-15-32(37)33-16-7-11-20-38(33)42)25-31(24-29)43-39-21-12-8-17-34(39)35-18-9-13-22-40(35)43/h4-25H,1-2H2,3H3/b14-5-,36-28-. The van der Waals surface area contributed by atoms with Crippen molar-refractivity contribution >= 4 is 49.2 Å². The van der Waals surface area contributed by atoms with E-state index in [0.717, 1.165) is 50.2 Å². The molecule has 0 saturated carbocycles. The Morgan fingerprint density at radius 3 is 1.42 bits per heavy atom. The lowest BCUT2D eigenvalue weighted by Crippen LogP contribution is -2.01. The molecule has 5 aromatic carbocycles. The first-order chi connectivity index (χ1) is 21.1. The highest BCUT2D eigenvalue weighted by Crippen LogP contribution is 2.37. The van der Waals surface area contributed by atoms with Gasteiger partial charge in [0.15, 0.2) is 0 Å². The van der Waals surface area contributed by atoms with Crippen LogP contribution < -0.4 is 0 Å². The van der Waals surface area contributed by atoms with Crippen molar-refractivity contribution in [1.29, 1.82) is 5.26 Å². The minimum absolute atomic E-state index is 0.586. The number of benzene rings is 5. The molecule has 0 unspecified atom stereocenters. The van der Waals surface area contributed by atoms with E-state index in [-0.39, 0.29) is 0 Å². The van der Waals surface area contributed by atoms with Crippen LogP contribution >= 0.6 is 0 Å². The molecule has 0 bridgehead atoms. The lowest BCUT2D eigenvalue weighted by molar-refractivity contribution is 1.13. The van der Waals surface area contributed by atoms with Crippen LogP contribution in [0.5, 0.6) is 0 Å². The Kier molecular flexibility index (Phi) is 6.38. The van der Waals surface area contributed by atoms with Crippen LogP contribution in [-0.2, 0) is 0 Å². The molecular weight excluding hydrogens is 522 g/mol. The first kappa shape index (κ1) is 26.1. The van der Waals surface area contributed by atoms with E-state index in [4.69, 9.17) is 0 Å². The van der Waals surface area contributed by atoms with Crippen molar-refractivity contribution in [2.45, 2.75) is 6.92 Å². The van der Waals surface area contributed by atoms with Crippen LogP contribution in [0.2, 0.25) is 0 Å². The normalized spacial score (nSPS) is 12.3. The number of nitriles is 1. The van der Waals surface area contributed by atoms with Gasteiger partial charge in [-0.15, -0.1) is 0 Å². The summed E-state index contributed by atoms with van der Waals surface area (Å²) in [5.41, 5.74) is 9.47. The molecule has 0 aliphatic heterocycles. The van der Waals surface area contributed by atoms with Gasteiger partial charge in [0, 0.05) is 32.9 Å². The Hall–Kier alpha value is -5.85. The molecule has 0 atom stereocenters. The molecule has 0 fully saturated rings. The van der Waals surface area contributed by atoms with Crippen molar-refractivity contribution in [2.24, 2.45) is 0 Å². The Bertz CT molecular complexity index is 2110. The summed E-state index contributed by atoms with van der Waals surface area (Å²) in [6, 6.07) is 43.0. The minimum atomic E-state index is 0.586. The Labute approximate surface area is 250 Å². The summed E-state index contributed by atoms with van der Waals surface area (Å²) in [4.78, 5) is 0. The third kappa shape index (κ3) is 4.20. The van der Waals surface area contributed by atoms with Crippen molar-refractivity contribution in [3.05, 3.63) is 163 Å². The van der Waals surface area contributed by atoms with Gasteiger partial charge >= 0.3 is 0 Å². The van der Waals surface area contributed by atoms with E-state index in [1.807, 2.05) is 19.1 Å². The molecular formula is C40H29N3. The number of allylic oxidation sites excluding steroid dienone is 6. The van der Waals surface area contributed by atoms with Gasteiger partial charge in [0.25, 0.3) is 0 Å². The van der Waals surface area contributed by atoms with Crippen LogP contribution in [-0.4, -0.2) is 9.13 Å². The molecule has 0 saturated heterocycles. The van der Waals surface area contributed by atoms with Gasteiger partial charge in [0.2, 0.25) is 0 Å². The highest BCUT2D eigenvalue weighted by atomic mass is 15.0. The van der Waals surface area contributed by atoms with Gasteiger partial charge in [-0.2, -0.15) is 5.26 Å². The lowest BCUT2D eigenvalue weighted by Gasteiger charge is -2.16. The highest BCUT2D eigenvalue weighted by Gasteiger charge is 2.18. The number of fused-ring (bicyclic) bond motifs is 6. The van der Waals surface area contributed by atoms with Crippen molar-refractivity contribution in [2.75, 3.05) is 0 Å². The zero-order valence-corrected chi connectivity index (χ0v) is 24.0. The van der Waals surface area contributed by atoms with Crippen molar-refractivity contribution in [3.8, 4) is 17.4 Å². The second kappa shape index (κ2) is 10.5. The molecule has 2 heterocycles. The average Bonchev–Trinajstić information content (AvgIpc) is 3.57. The molecule has 0 spiro atoms. The molecule has 3 nitrogen and oxygen atoms in total. The predicted octanol–water partition coefficient (Wildman–Crippen LogP) is 10.5. The van der Waals surface area contributed by atoms with Gasteiger partial charge < -0.3 is 9.13 Å². The Balaban J connectivity index is 1.61. The number of aromatic nitrogens is 2. The van der Waals surface area contributed by atoms with E-state index in [2.05, 4.69) is 144 Å². The molecule has 0 radical (unpaired) electrons. The number of rotatable bonds is 6. The third-order valence-corrected chi connectivity index (χ3v) is 8.27. The van der Waals surface area contributed by atoms with E-state index < -0.39 is 0 Å². The number of hydrogen-bond acceptors (Lipinski definition) is 1. The zero-order valence-electron chi connectivity index (χ0n) is 24.0.